The summed E-state index contributed by atoms with van der Waals surface area (Å²) in [4.78, 5) is 23.5. The molecule has 6 nitrogen and oxygen atoms in total. The first-order valence-corrected chi connectivity index (χ1v) is 13.6. The van der Waals surface area contributed by atoms with Crippen molar-refractivity contribution in [3.8, 4) is 0 Å². The summed E-state index contributed by atoms with van der Waals surface area (Å²) >= 11 is 0. The van der Waals surface area contributed by atoms with Gasteiger partial charge in [-0.05, 0) is 79.1 Å². The Morgan fingerprint density at radius 3 is 2.18 bits per heavy atom. The first-order valence-electron chi connectivity index (χ1n) is 13.6. The molecular formula is C33H38N4O2. The Labute approximate surface area is 231 Å². The fraction of sp³-hybridized carbons (Fsp3) is 0.273. The molecule has 0 spiro atoms. The predicted molar refractivity (Wildman–Crippen MR) is 161 cm³/mol. The second-order valence-corrected chi connectivity index (χ2v) is 10.1. The highest BCUT2D eigenvalue weighted by Gasteiger charge is 2.21. The number of allylic oxidation sites excluding steroid dienone is 1. The molecule has 3 aromatic rings. The molecule has 0 bridgehead atoms. The number of hydrogen-bond donors (Lipinski definition) is 4. The average Bonchev–Trinajstić information content (AvgIpc) is 3.78. The van der Waals surface area contributed by atoms with Crippen molar-refractivity contribution < 1.29 is 9.59 Å². The zero-order valence-electron chi connectivity index (χ0n) is 22.8. The molecule has 0 radical (unpaired) electrons. The SMILES string of the molecule is C=C(NCCC(=O)NCC1CC1)c1ccc(Nc2ccccc2C(=C(C)CC)c2ccc(C(N)=O)cc2)cc1. The second kappa shape index (κ2) is 13.0. The van der Waals surface area contributed by atoms with Crippen LogP contribution in [0.4, 0.5) is 11.4 Å². The van der Waals surface area contributed by atoms with E-state index in [2.05, 4.69) is 48.5 Å². The molecule has 0 saturated heterocycles. The van der Waals surface area contributed by atoms with Gasteiger partial charge in [-0.25, -0.2) is 0 Å². The standard InChI is InChI=1S/C33H38N4O2/c1-4-22(2)32(26-11-13-27(14-12-26)33(34)39)29-7-5-6-8-30(29)37-28-17-15-25(16-18-28)23(3)35-20-19-31(38)36-21-24-9-10-24/h5-8,11-18,24,35,37H,3-4,9-10,19-21H2,1-2H3,(H2,34,39)(H,36,38). The molecule has 0 aliphatic heterocycles. The molecule has 1 fully saturated rings. The van der Waals surface area contributed by atoms with Gasteiger partial charge in [0.25, 0.3) is 0 Å². The molecule has 0 heterocycles. The highest BCUT2D eigenvalue weighted by Crippen LogP contribution is 2.35. The Kier molecular flexibility index (Phi) is 9.21. The topological polar surface area (TPSA) is 96.2 Å². The number of hydrogen-bond acceptors (Lipinski definition) is 4. The molecule has 202 valence electrons. The van der Waals surface area contributed by atoms with E-state index in [-0.39, 0.29) is 5.91 Å². The Balaban J connectivity index is 1.44. The third-order valence-electron chi connectivity index (χ3n) is 7.10. The van der Waals surface area contributed by atoms with Crippen LogP contribution in [0.25, 0.3) is 11.3 Å². The van der Waals surface area contributed by atoms with E-state index in [9.17, 15) is 9.59 Å². The van der Waals surface area contributed by atoms with Crippen molar-refractivity contribution in [3.05, 3.63) is 107 Å². The molecule has 1 saturated carbocycles. The number of carbonyl (C=O) groups excluding carboxylic acids is 2. The normalized spacial score (nSPS) is 13.3. The number of carbonyl (C=O) groups is 2. The summed E-state index contributed by atoms with van der Waals surface area (Å²) in [7, 11) is 0. The summed E-state index contributed by atoms with van der Waals surface area (Å²) in [5.74, 6) is 0.331. The number of nitrogens with one attached hydrogen (secondary N) is 3. The van der Waals surface area contributed by atoms with Gasteiger partial charge >= 0.3 is 0 Å². The van der Waals surface area contributed by atoms with Crippen molar-refractivity contribution in [1.29, 1.82) is 0 Å². The van der Waals surface area contributed by atoms with Crippen LogP contribution in [0.15, 0.2) is 84.9 Å². The van der Waals surface area contributed by atoms with E-state index < -0.39 is 5.91 Å². The molecule has 2 amide bonds. The zero-order chi connectivity index (χ0) is 27.8. The third-order valence-corrected chi connectivity index (χ3v) is 7.10. The van der Waals surface area contributed by atoms with Crippen molar-refractivity contribution in [1.82, 2.24) is 10.6 Å². The molecule has 0 unspecified atom stereocenters. The fourth-order valence-electron chi connectivity index (χ4n) is 4.43. The summed E-state index contributed by atoms with van der Waals surface area (Å²) in [6, 6.07) is 23.8. The number of anilines is 2. The van der Waals surface area contributed by atoms with Crippen LogP contribution in [-0.4, -0.2) is 24.9 Å². The summed E-state index contributed by atoms with van der Waals surface area (Å²) in [6.07, 6.45) is 3.79. The van der Waals surface area contributed by atoms with Gasteiger partial charge in [-0.2, -0.15) is 0 Å². The molecule has 0 atom stereocenters. The van der Waals surface area contributed by atoms with Crippen LogP contribution in [0, 0.1) is 5.92 Å². The van der Waals surface area contributed by atoms with E-state index in [4.69, 9.17) is 5.73 Å². The Hall–Kier alpha value is -4.32. The highest BCUT2D eigenvalue weighted by atomic mass is 16.1. The summed E-state index contributed by atoms with van der Waals surface area (Å²) in [5, 5.41) is 9.83. The molecule has 39 heavy (non-hydrogen) atoms. The quantitative estimate of drug-likeness (QED) is 0.214. The van der Waals surface area contributed by atoms with Gasteiger partial charge in [0.15, 0.2) is 0 Å². The van der Waals surface area contributed by atoms with Gasteiger partial charge in [-0.1, -0.05) is 61.5 Å². The smallest absolute Gasteiger partial charge is 0.248 e. The van der Waals surface area contributed by atoms with Gasteiger partial charge in [-0.3, -0.25) is 9.59 Å². The minimum Gasteiger partial charge on any atom is -0.385 e. The minimum absolute atomic E-state index is 0.0796. The molecule has 1 aliphatic carbocycles. The number of amides is 2. The van der Waals surface area contributed by atoms with Crippen LogP contribution in [-0.2, 0) is 4.79 Å². The molecule has 3 aromatic carbocycles. The van der Waals surface area contributed by atoms with E-state index in [1.807, 2.05) is 48.5 Å². The first kappa shape index (κ1) is 27.7. The number of primary amides is 1. The van der Waals surface area contributed by atoms with Gasteiger partial charge in [0.2, 0.25) is 11.8 Å². The van der Waals surface area contributed by atoms with Crippen molar-refractivity contribution in [2.24, 2.45) is 11.7 Å². The predicted octanol–water partition coefficient (Wildman–Crippen LogP) is 6.24. The summed E-state index contributed by atoms with van der Waals surface area (Å²) in [6.45, 7) is 9.77. The Morgan fingerprint density at radius 1 is 0.897 bits per heavy atom. The monoisotopic (exact) mass is 522 g/mol. The van der Waals surface area contributed by atoms with Crippen molar-refractivity contribution >= 4 is 34.5 Å². The van der Waals surface area contributed by atoms with Crippen LogP contribution in [0.1, 0.15) is 66.6 Å². The molecule has 5 N–H and O–H groups in total. The average molecular weight is 523 g/mol. The lowest BCUT2D eigenvalue weighted by Crippen LogP contribution is -2.28. The van der Waals surface area contributed by atoms with Gasteiger partial charge in [0.05, 0.1) is 0 Å². The molecule has 6 heteroatoms. The van der Waals surface area contributed by atoms with Crippen molar-refractivity contribution in [2.75, 3.05) is 18.4 Å². The maximum absolute atomic E-state index is 12.0. The number of benzene rings is 3. The first-order chi connectivity index (χ1) is 18.9. The maximum Gasteiger partial charge on any atom is 0.248 e. The maximum atomic E-state index is 12.0. The summed E-state index contributed by atoms with van der Waals surface area (Å²) < 4.78 is 0. The van der Waals surface area contributed by atoms with E-state index in [0.29, 0.717) is 24.4 Å². The van der Waals surface area contributed by atoms with E-state index >= 15 is 0 Å². The molecule has 4 rings (SSSR count). The van der Waals surface area contributed by atoms with Gasteiger partial charge in [-0.15, -0.1) is 0 Å². The fourth-order valence-corrected chi connectivity index (χ4v) is 4.43. The Morgan fingerprint density at radius 2 is 1.54 bits per heavy atom. The van der Waals surface area contributed by atoms with Crippen LogP contribution in [0.2, 0.25) is 0 Å². The van der Waals surface area contributed by atoms with Crippen LogP contribution in [0.5, 0.6) is 0 Å². The van der Waals surface area contributed by atoms with Crippen molar-refractivity contribution in [3.63, 3.8) is 0 Å². The van der Waals surface area contributed by atoms with Gasteiger partial charge in [0, 0.05) is 47.7 Å². The van der Waals surface area contributed by atoms with Crippen molar-refractivity contribution in [2.45, 2.75) is 39.5 Å². The van der Waals surface area contributed by atoms with Crippen LogP contribution < -0.4 is 21.7 Å². The lowest BCUT2D eigenvalue weighted by Gasteiger charge is -2.18. The lowest BCUT2D eigenvalue weighted by atomic mass is 9.90. The molecule has 1 aliphatic rings. The van der Waals surface area contributed by atoms with E-state index in [1.54, 1.807) is 12.1 Å². The van der Waals surface area contributed by atoms with Crippen LogP contribution >= 0.6 is 0 Å². The highest BCUT2D eigenvalue weighted by molar-refractivity contribution is 5.94. The molecular weight excluding hydrogens is 484 g/mol. The number of rotatable bonds is 13. The largest absolute Gasteiger partial charge is 0.385 e. The lowest BCUT2D eigenvalue weighted by molar-refractivity contribution is -0.121. The summed E-state index contributed by atoms with van der Waals surface area (Å²) in [5.41, 5.74) is 14.1. The van der Waals surface area contributed by atoms with E-state index in [1.165, 1.54) is 18.4 Å². The number of para-hydroxylation sites is 1. The Bertz CT molecular complexity index is 1350. The molecule has 0 aromatic heterocycles. The minimum atomic E-state index is -0.433. The van der Waals surface area contributed by atoms with Crippen LogP contribution in [0.3, 0.4) is 0 Å². The third kappa shape index (κ3) is 7.60. The van der Waals surface area contributed by atoms with Gasteiger partial charge < -0.3 is 21.7 Å². The van der Waals surface area contributed by atoms with Gasteiger partial charge in [0.1, 0.15) is 0 Å². The second-order valence-electron chi connectivity index (χ2n) is 10.1. The number of nitrogens with two attached hydrogens (primary N) is 1. The van der Waals surface area contributed by atoms with E-state index in [0.717, 1.165) is 52.3 Å². The zero-order valence-corrected chi connectivity index (χ0v) is 22.8.